The van der Waals surface area contributed by atoms with Crippen LogP contribution in [0.4, 0.5) is 4.39 Å². The summed E-state index contributed by atoms with van der Waals surface area (Å²) < 4.78 is 16.3. The van der Waals surface area contributed by atoms with Gasteiger partial charge in [0, 0.05) is 11.8 Å². The Hall–Kier alpha value is -3.60. The highest BCUT2D eigenvalue weighted by atomic mass is 32.2. The SMILES string of the molecule is CSc1n[nH]c(-n2ccc3nc4ncnn4c(-c4ccc(F)cc4)c3c2=O)n1. The molecule has 5 aromatic rings. The molecule has 0 aliphatic heterocycles. The molecular weight excluding hydrogens is 383 g/mol. The van der Waals surface area contributed by atoms with Gasteiger partial charge in [0.15, 0.2) is 0 Å². The molecular formula is C17H11FN8OS. The molecule has 0 saturated heterocycles. The van der Waals surface area contributed by atoms with Gasteiger partial charge in [-0.1, -0.05) is 11.8 Å². The van der Waals surface area contributed by atoms with E-state index in [1.54, 1.807) is 24.4 Å². The fourth-order valence-corrected chi connectivity index (χ4v) is 3.32. The van der Waals surface area contributed by atoms with Gasteiger partial charge in [-0.3, -0.25) is 9.36 Å². The third-order valence-corrected chi connectivity index (χ3v) is 4.80. The average molecular weight is 394 g/mol. The van der Waals surface area contributed by atoms with E-state index in [1.165, 1.54) is 39.3 Å². The van der Waals surface area contributed by atoms with Gasteiger partial charge in [0.1, 0.15) is 12.1 Å². The standard InChI is InChI=1S/C17H11FN8OS/c1-28-17-22-16(23-24-17)25-7-6-11-12(14(25)27)13(9-2-4-10(18)5-3-9)26-15(21-11)19-8-20-26/h2-8H,1H3,(H,22,23,24). The van der Waals surface area contributed by atoms with E-state index in [9.17, 15) is 9.18 Å². The molecule has 138 valence electrons. The summed E-state index contributed by atoms with van der Waals surface area (Å²) >= 11 is 1.36. The maximum atomic E-state index is 13.4. The zero-order valence-corrected chi connectivity index (χ0v) is 15.2. The fourth-order valence-electron chi connectivity index (χ4n) is 3.00. The maximum absolute atomic E-state index is 13.4. The number of H-pyrrole nitrogens is 1. The summed E-state index contributed by atoms with van der Waals surface area (Å²) in [5.41, 5.74) is 1.18. The average Bonchev–Trinajstić information content (AvgIpc) is 3.36. The number of nitrogens with zero attached hydrogens (tertiary/aromatic N) is 7. The second-order valence-corrected chi connectivity index (χ2v) is 6.61. The summed E-state index contributed by atoms with van der Waals surface area (Å²) in [4.78, 5) is 26.2. The van der Waals surface area contributed by atoms with Crippen molar-refractivity contribution >= 4 is 28.4 Å². The highest BCUT2D eigenvalue weighted by Gasteiger charge is 2.18. The summed E-state index contributed by atoms with van der Waals surface area (Å²) in [5, 5.41) is 11.8. The highest BCUT2D eigenvalue weighted by molar-refractivity contribution is 7.98. The molecule has 5 rings (SSSR count). The number of aromatic amines is 1. The summed E-state index contributed by atoms with van der Waals surface area (Å²) in [7, 11) is 0. The molecule has 0 atom stereocenters. The van der Waals surface area contributed by atoms with Gasteiger partial charge in [-0.25, -0.2) is 14.5 Å². The first-order chi connectivity index (χ1) is 13.7. The Balaban J connectivity index is 1.88. The lowest BCUT2D eigenvalue weighted by molar-refractivity contribution is 0.628. The van der Waals surface area contributed by atoms with Gasteiger partial charge in [-0.05, 0) is 36.6 Å². The van der Waals surface area contributed by atoms with Crippen LogP contribution in [0, 0.1) is 5.82 Å². The first kappa shape index (κ1) is 16.6. The number of nitrogens with one attached hydrogen (secondary N) is 1. The molecule has 4 heterocycles. The van der Waals surface area contributed by atoms with Crippen molar-refractivity contribution in [1.29, 1.82) is 0 Å². The van der Waals surface area contributed by atoms with Gasteiger partial charge in [-0.15, -0.1) is 5.10 Å². The van der Waals surface area contributed by atoms with Crippen molar-refractivity contribution in [3.8, 4) is 17.2 Å². The van der Waals surface area contributed by atoms with Crippen LogP contribution in [0.15, 0.2) is 52.8 Å². The van der Waals surface area contributed by atoms with Gasteiger partial charge >= 0.3 is 0 Å². The molecule has 0 fully saturated rings. The van der Waals surface area contributed by atoms with Crippen molar-refractivity contribution in [2.24, 2.45) is 0 Å². The third-order valence-electron chi connectivity index (χ3n) is 4.25. The van der Waals surface area contributed by atoms with Crippen LogP contribution in [0.5, 0.6) is 0 Å². The normalized spacial score (nSPS) is 11.5. The molecule has 1 aromatic carbocycles. The van der Waals surface area contributed by atoms with E-state index in [2.05, 4.69) is 30.2 Å². The lowest BCUT2D eigenvalue weighted by atomic mass is 10.1. The van der Waals surface area contributed by atoms with Crippen LogP contribution < -0.4 is 5.56 Å². The Labute approximate surface area is 160 Å². The van der Waals surface area contributed by atoms with Gasteiger partial charge < -0.3 is 0 Å². The molecule has 0 amide bonds. The van der Waals surface area contributed by atoms with Crippen molar-refractivity contribution in [3.05, 3.63) is 59.0 Å². The molecule has 9 nitrogen and oxygen atoms in total. The van der Waals surface area contributed by atoms with E-state index in [-0.39, 0.29) is 11.4 Å². The molecule has 0 bridgehead atoms. The molecule has 28 heavy (non-hydrogen) atoms. The number of rotatable bonds is 3. The van der Waals surface area contributed by atoms with Crippen molar-refractivity contribution in [1.82, 2.24) is 39.3 Å². The second kappa shape index (κ2) is 6.23. The Bertz CT molecular complexity index is 1390. The maximum Gasteiger partial charge on any atom is 0.269 e. The summed E-state index contributed by atoms with van der Waals surface area (Å²) in [6.45, 7) is 0. The van der Waals surface area contributed by atoms with Crippen molar-refractivity contribution in [2.75, 3.05) is 6.26 Å². The monoisotopic (exact) mass is 394 g/mol. The van der Waals surface area contributed by atoms with E-state index >= 15 is 0 Å². The minimum absolute atomic E-state index is 0.292. The van der Waals surface area contributed by atoms with E-state index in [0.717, 1.165) is 0 Å². The predicted octanol–water partition coefficient (Wildman–Crippen LogP) is 2.07. The van der Waals surface area contributed by atoms with Crippen molar-refractivity contribution < 1.29 is 4.39 Å². The molecule has 4 aromatic heterocycles. The minimum atomic E-state index is -0.374. The van der Waals surface area contributed by atoms with Gasteiger partial charge in [0.05, 0.1) is 16.6 Å². The number of hydrogen-bond acceptors (Lipinski definition) is 7. The van der Waals surface area contributed by atoms with Crippen LogP contribution >= 0.6 is 11.8 Å². The molecule has 0 aliphatic carbocycles. The lowest BCUT2D eigenvalue weighted by Gasteiger charge is -2.10. The molecule has 1 N–H and O–H groups in total. The Kier molecular flexibility index (Phi) is 3.69. The number of pyridine rings is 1. The van der Waals surface area contributed by atoms with Crippen LogP contribution in [0.3, 0.4) is 0 Å². The lowest BCUT2D eigenvalue weighted by Crippen LogP contribution is -2.21. The topological polar surface area (TPSA) is 107 Å². The van der Waals surface area contributed by atoms with E-state index in [0.29, 0.717) is 39.0 Å². The number of hydrogen-bond donors (Lipinski definition) is 1. The van der Waals surface area contributed by atoms with Crippen molar-refractivity contribution in [2.45, 2.75) is 5.16 Å². The second-order valence-electron chi connectivity index (χ2n) is 5.84. The number of benzene rings is 1. The molecule has 0 radical (unpaired) electrons. The number of halogens is 1. The van der Waals surface area contributed by atoms with E-state index in [4.69, 9.17) is 0 Å². The number of aromatic nitrogens is 8. The highest BCUT2D eigenvalue weighted by Crippen LogP contribution is 2.26. The minimum Gasteiger partial charge on any atom is -0.268 e. The molecule has 11 heteroatoms. The van der Waals surface area contributed by atoms with E-state index < -0.39 is 0 Å². The quantitative estimate of drug-likeness (QED) is 0.467. The van der Waals surface area contributed by atoms with Crippen LogP contribution in [0.2, 0.25) is 0 Å². The van der Waals surface area contributed by atoms with Crippen molar-refractivity contribution in [3.63, 3.8) is 0 Å². The Morgan fingerprint density at radius 1 is 1.14 bits per heavy atom. The van der Waals surface area contributed by atoms with Gasteiger partial charge in [-0.2, -0.15) is 19.6 Å². The summed E-state index contributed by atoms with van der Waals surface area (Å²) in [6.07, 6.45) is 4.77. The molecule has 0 unspecified atom stereocenters. The van der Waals surface area contributed by atoms with Gasteiger partial charge in [0.2, 0.25) is 11.1 Å². The fraction of sp³-hybridized carbons (Fsp3) is 0.0588. The molecule has 0 aliphatic rings. The Morgan fingerprint density at radius 3 is 2.71 bits per heavy atom. The summed E-state index contributed by atoms with van der Waals surface area (Å²) in [6, 6.07) is 7.52. The first-order valence-electron chi connectivity index (χ1n) is 8.13. The van der Waals surface area contributed by atoms with Gasteiger partial charge in [0.25, 0.3) is 11.3 Å². The largest absolute Gasteiger partial charge is 0.269 e. The zero-order valence-electron chi connectivity index (χ0n) is 14.4. The third kappa shape index (κ3) is 2.47. The number of fused-ring (bicyclic) bond motifs is 2. The van der Waals surface area contributed by atoms with Crippen LogP contribution in [-0.2, 0) is 0 Å². The summed E-state index contributed by atoms with van der Waals surface area (Å²) in [5.74, 6) is 0.258. The molecule has 0 saturated carbocycles. The smallest absolute Gasteiger partial charge is 0.268 e. The molecule has 0 spiro atoms. The van der Waals surface area contributed by atoms with Crippen LogP contribution in [-0.4, -0.2) is 45.6 Å². The van der Waals surface area contributed by atoms with Crippen LogP contribution in [0.1, 0.15) is 0 Å². The first-order valence-corrected chi connectivity index (χ1v) is 9.36. The van der Waals surface area contributed by atoms with E-state index in [1.807, 2.05) is 6.26 Å². The number of thioether (sulfide) groups is 1. The predicted molar refractivity (Wildman–Crippen MR) is 101 cm³/mol. The zero-order chi connectivity index (χ0) is 19.3. The Morgan fingerprint density at radius 2 is 1.96 bits per heavy atom. The van der Waals surface area contributed by atoms with Crippen LogP contribution in [0.25, 0.3) is 33.9 Å².